The van der Waals surface area contributed by atoms with Crippen LogP contribution in [0.25, 0.3) is 0 Å². The number of ether oxygens (including phenoxy) is 1. The number of benzene rings is 1. The molecular weight excluding hydrogens is 267 g/mol. The lowest BCUT2D eigenvalue weighted by Crippen LogP contribution is -2.35. The molecule has 0 spiro atoms. The average molecular weight is 287 g/mol. The molecule has 5 heteroatoms. The van der Waals surface area contributed by atoms with Crippen molar-refractivity contribution in [2.45, 2.75) is 50.9 Å². The first kappa shape index (κ1) is 15.2. The van der Waals surface area contributed by atoms with Crippen LogP contribution in [0.5, 0.6) is 5.75 Å². The monoisotopic (exact) mass is 287 g/mol. The molecule has 3 unspecified atom stereocenters. The first-order valence-electron chi connectivity index (χ1n) is 7.01. The molecule has 112 valence electrons. The number of hydrogen-bond donors (Lipinski definition) is 1. The van der Waals surface area contributed by atoms with Gasteiger partial charge in [-0.15, -0.1) is 13.2 Å². The molecule has 0 bridgehead atoms. The number of alkyl halides is 3. The summed E-state index contributed by atoms with van der Waals surface area (Å²) in [6.07, 6.45) is -0.902. The molecular formula is C15H20F3NO. The molecule has 0 radical (unpaired) electrons. The molecule has 1 saturated carbocycles. The van der Waals surface area contributed by atoms with Crippen LogP contribution < -0.4 is 10.5 Å². The van der Waals surface area contributed by atoms with Gasteiger partial charge in [-0.3, -0.25) is 0 Å². The number of rotatable bonds is 3. The summed E-state index contributed by atoms with van der Waals surface area (Å²) in [6.45, 7) is 2.11. The van der Waals surface area contributed by atoms with Gasteiger partial charge in [-0.25, -0.2) is 0 Å². The van der Waals surface area contributed by atoms with Crippen molar-refractivity contribution in [1.82, 2.24) is 0 Å². The maximum absolute atomic E-state index is 12.5. The van der Waals surface area contributed by atoms with Crippen molar-refractivity contribution in [2.24, 2.45) is 11.7 Å². The molecule has 2 nitrogen and oxygen atoms in total. The summed E-state index contributed by atoms with van der Waals surface area (Å²) in [5.41, 5.74) is 6.70. The Morgan fingerprint density at radius 1 is 1.25 bits per heavy atom. The fourth-order valence-electron chi connectivity index (χ4n) is 3.01. The third-order valence-electron chi connectivity index (χ3n) is 4.13. The van der Waals surface area contributed by atoms with E-state index in [-0.39, 0.29) is 17.7 Å². The van der Waals surface area contributed by atoms with E-state index in [0.717, 1.165) is 25.7 Å². The molecule has 0 aromatic heterocycles. The molecule has 20 heavy (non-hydrogen) atoms. The van der Waals surface area contributed by atoms with Gasteiger partial charge in [-0.05, 0) is 36.8 Å². The fraction of sp³-hybridized carbons (Fsp3) is 0.600. The smallest absolute Gasteiger partial charge is 0.405 e. The van der Waals surface area contributed by atoms with Gasteiger partial charge in [-0.1, -0.05) is 31.5 Å². The Morgan fingerprint density at radius 3 is 2.60 bits per heavy atom. The Hall–Kier alpha value is -1.23. The predicted octanol–water partition coefficient (Wildman–Crippen LogP) is 4.21. The van der Waals surface area contributed by atoms with E-state index in [1.165, 1.54) is 6.07 Å². The molecule has 1 aliphatic rings. The SMILES string of the molecule is CCC1CCC(N)C(c2ccccc2OC(F)(F)F)C1. The molecule has 3 atom stereocenters. The minimum Gasteiger partial charge on any atom is -0.405 e. The van der Waals surface area contributed by atoms with Crippen molar-refractivity contribution in [3.63, 3.8) is 0 Å². The van der Waals surface area contributed by atoms with E-state index in [4.69, 9.17) is 5.73 Å². The number of halogens is 3. The molecule has 0 heterocycles. The lowest BCUT2D eigenvalue weighted by molar-refractivity contribution is -0.275. The van der Waals surface area contributed by atoms with Gasteiger partial charge in [0.1, 0.15) is 5.75 Å². The molecule has 2 N–H and O–H groups in total. The van der Waals surface area contributed by atoms with E-state index in [1.807, 2.05) is 0 Å². The van der Waals surface area contributed by atoms with Crippen molar-refractivity contribution in [1.29, 1.82) is 0 Å². The second-order valence-corrected chi connectivity index (χ2v) is 5.44. The largest absolute Gasteiger partial charge is 0.573 e. The third kappa shape index (κ3) is 3.66. The van der Waals surface area contributed by atoms with Crippen LogP contribution in [-0.2, 0) is 0 Å². The van der Waals surface area contributed by atoms with Gasteiger partial charge in [0.15, 0.2) is 0 Å². The van der Waals surface area contributed by atoms with E-state index in [0.29, 0.717) is 11.5 Å². The Bertz CT molecular complexity index is 447. The molecule has 1 aromatic rings. The van der Waals surface area contributed by atoms with Crippen LogP contribution in [0.4, 0.5) is 13.2 Å². The van der Waals surface area contributed by atoms with Crippen LogP contribution in [0, 0.1) is 5.92 Å². The van der Waals surface area contributed by atoms with E-state index in [2.05, 4.69) is 11.7 Å². The molecule has 0 aliphatic heterocycles. The van der Waals surface area contributed by atoms with E-state index in [1.54, 1.807) is 18.2 Å². The highest BCUT2D eigenvalue weighted by Gasteiger charge is 2.35. The maximum atomic E-state index is 12.5. The molecule has 1 fully saturated rings. The Balaban J connectivity index is 2.26. The summed E-state index contributed by atoms with van der Waals surface area (Å²) < 4.78 is 41.6. The highest BCUT2D eigenvalue weighted by atomic mass is 19.4. The van der Waals surface area contributed by atoms with Gasteiger partial charge in [0.2, 0.25) is 0 Å². The Morgan fingerprint density at radius 2 is 1.95 bits per heavy atom. The minimum absolute atomic E-state index is 0.0627. The van der Waals surface area contributed by atoms with Gasteiger partial charge < -0.3 is 10.5 Å². The van der Waals surface area contributed by atoms with Crippen molar-refractivity contribution >= 4 is 0 Å². The molecule has 2 rings (SSSR count). The lowest BCUT2D eigenvalue weighted by Gasteiger charge is -2.34. The van der Waals surface area contributed by atoms with Crippen molar-refractivity contribution in [3.05, 3.63) is 29.8 Å². The fourth-order valence-corrected chi connectivity index (χ4v) is 3.01. The molecule has 1 aliphatic carbocycles. The number of hydrogen-bond acceptors (Lipinski definition) is 2. The summed E-state index contributed by atoms with van der Waals surface area (Å²) in [7, 11) is 0. The lowest BCUT2D eigenvalue weighted by atomic mass is 9.74. The zero-order valence-corrected chi connectivity index (χ0v) is 11.5. The minimum atomic E-state index is -4.67. The van der Waals surface area contributed by atoms with Gasteiger partial charge >= 0.3 is 6.36 Å². The number of nitrogens with two attached hydrogens (primary N) is 1. The molecule has 0 amide bonds. The van der Waals surface area contributed by atoms with Crippen molar-refractivity contribution < 1.29 is 17.9 Å². The van der Waals surface area contributed by atoms with Crippen molar-refractivity contribution in [2.75, 3.05) is 0 Å². The Labute approximate surface area is 117 Å². The second kappa shape index (κ2) is 6.04. The van der Waals surface area contributed by atoms with E-state index >= 15 is 0 Å². The van der Waals surface area contributed by atoms with Crippen LogP contribution in [-0.4, -0.2) is 12.4 Å². The van der Waals surface area contributed by atoms with Gasteiger partial charge in [0.05, 0.1) is 0 Å². The number of para-hydroxylation sites is 1. The summed E-state index contributed by atoms with van der Waals surface area (Å²) >= 11 is 0. The zero-order chi connectivity index (χ0) is 14.8. The van der Waals surface area contributed by atoms with E-state index < -0.39 is 6.36 Å². The zero-order valence-electron chi connectivity index (χ0n) is 11.5. The quantitative estimate of drug-likeness (QED) is 0.904. The van der Waals surface area contributed by atoms with Gasteiger partial charge in [-0.2, -0.15) is 0 Å². The highest BCUT2D eigenvalue weighted by Crippen LogP contribution is 2.41. The van der Waals surface area contributed by atoms with Crippen molar-refractivity contribution in [3.8, 4) is 5.75 Å². The summed E-state index contributed by atoms with van der Waals surface area (Å²) in [5.74, 6) is 0.350. The predicted molar refractivity (Wildman–Crippen MR) is 71.5 cm³/mol. The van der Waals surface area contributed by atoms with Crippen LogP contribution in [0.3, 0.4) is 0 Å². The highest BCUT2D eigenvalue weighted by molar-refractivity contribution is 5.37. The van der Waals surface area contributed by atoms with Crippen LogP contribution in [0.15, 0.2) is 24.3 Å². The average Bonchev–Trinajstić information content (AvgIpc) is 2.38. The first-order valence-corrected chi connectivity index (χ1v) is 7.01. The van der Waals surface area contributed by atoms with Crippen LogP contribution in [0.1, 0.15) is 44.1 Å². The van der Waals surface area contributed by atoms with Gasteiger partial charge in [0, 0.05) is 12.0 Å². The normalized spacial score (nSPS) is 27.4. The van der Waals surface area contributed by atoms with Gasteiger partial charge in [0.25, 0.3) is 0 Å². The molecule has 1 aromatic carbocycles. The summed E-state index contributed by atoms with van der Waals surface area (Å²) in [5, 5.41) is 0. The topological polar surface area (TPSA) is 35.2 Å². The summed E-state index contributed by atoms with van der Waals surface area (Å²) in [4.78, 5) is 0. The summed E-state index contributed by atoms with van der Waals surface area (Å²) in [6, 6.07) is 6.25. The Kier molecular flexibility index (Phi) is 4.58. The van der Waals surface area contributed by atoms with Crippen LogP contribution in [0.2, 0.25) is 0 Å². The molecule has 0 saturated heterocycles. The maximum Gasteiger partial charge on any atom is 0.573 e. The third-order valence-corrected chi connectivity index (χ3v) is 4.13. The van der Waals surface area contributed by atoms with E-state index in [9.17, 15) is 13.2 Å². The second-order valence-electron chi connectivity index (χ2n) is 5.44. The first-order chi connectivity index (χ1) is 9.40. The van der Waals surface area contributed by atoms with Crippen LogP contribution >= 0.6 is 0 Å². The standard InChI is InChI=1S/C15H20F3NO/c1-2-10-7-8-13(19)12(9-10)11-5-3-4-6-14(11)20-15(16,17)18/h3-6,10,12-13H,2,7-9,19H2,1H3.